The van der Waals surface area contributed by atoms with E-state index in [0.29, 0.717) is 30.0 Å². The van der Waals surface area contributed by atoms with Gasteiger partial charge in [0.1, 0.15) is 0 Å². The standard InChI is InChI=1S/C20H21N3O6S/c1-15-5-7-18(30(27,28)22-9-11-29-12-10-22)14-19(15)21-20(24)8-6-16-3-2-4-17(13-16)23(25)26/h2-8,13-14H,9-12H2,1H3,(H,21,24)/b8-6+. The molecule has 0 aliphatic carbocycles. The van der Waals surface area contributed by atoms with E-state index in [4.69, 9.17) is 4.74 Å². The summed E-state index contributed by atoms with van der Waals surface area (Å²) in [7, 11) is -3.69. The van der Waals surface area contributed by atoms with Gasteiger partial charge in [0.2, 0.25) is 15.9 Å². The van der Waals surface area contributed by atoms with Gasteiger partial charge in [-0.1, -0.05) is 18.2 Å². The van der Waals surface area contributed by atoms with Gasteiger partial charge in [-0.3, -0.25) is 14.9 Å². The summed E-state index contributed by atoms with van der Waals surface area (Å²) in [6.45, 7) is 3.01. The van der Waals surface area contributed by atoms with Crippen LogP contribution in [0.2, 0.25) is 0 Å². The Hall–Kier alpha value is -3.08. The lowest BCUT2D eigenvalue weighted by Crippen LogP contribution is -2.40. The molecular weight excluding hydrogens is 410 g/mol. The van der Waals surface area contributed by atoms with Crippen LogP contribution in [0.5, 0.6) is 0 Å². The van der Waals surface area contributed by atoms with Gasteiger partial charge < -0.3 is 10.1 Å². The van der Waals surface area contributed by atoms with E-state index < -0.39 is 20.9 Å². The molecule has 1 N–H and O–H groups in total. The molecule has 0 saturated carbocycles. The molecule has 3 rings (SSSR count). The largest absolute Gasteiger partial charge is 0.379 e. The van der Waals surface area contributed by atoms with Crippen molar-refractivity contribution in [2.45, 2.75) is 11.8 Å². The normalized spacial score (nSPS) is 15.2. The summed E-state index contributed by atoms with van der Waals surface area (Å²) < 4.78 is 32.2. The van der Waals surface area contributed by atoms with Crippen LogP contribution in [0.3, 0.4) is 0 Å². The smallest absolute Gasteiger partial charge is 0.270 e. The van der Waals surface area contributed by atoms with Crippen molar-refractivity contribution >= 4 is 33.4 Å². The zero-order valence-corrected chi connectivity index (χ0v) is 17.1. The van der Waals surface area contributed by atoms with Crippen LogP contribution in [0.4, 0.5) is 11.4 Å². The second kappa shape index (κ2) is 9.16. The molecular formula is C20H21N3O6S. The Bertz CT molecular complexity index is 1090. The van der Waals surface area contributed by atoms with E-state index >= 15 is 0 Å². The Labute approximate surface area is 174 Å². The second-order valence-corrected chi connectivity index (χ2v) is 8.61. The van der Waals surface area contributed by atoms with Crippen LogP contribution in [0.15, 0.2) is 53.4 Å². The third-order valence-corrected chi connectivity index (χ3v) is 6.48. The maximum atomic E-state index is 12.8. The number of amides is 1. The van der Waals surface area contributed by atoms with Gasteiger partial charge in [-0.15, -0.1) is 0 Å². The van der Waals surface area contributed by atoms with Gasteiger partial charge >= 0.3 is 0 Å². The van der Waals surface area contributed by atoms with E-state index in [2.05, 4.69) is 5.32 Å². The lowest BCUT2D eigenvalue weighted by Gasteiger charge is -2.26. The van der Waals surface area contributed by atoms with Crippen LogP contribution in [0.1, 0.15) is 11.1 Å². The minimum Gasteiger partial charge on any atom is -0.379 e. The van der Waals surface area contributed by atoms with E-state index in [1.54, 1.807) is 19.1 Å². The number of nitro groups is 1. The van der Waals surface area contributed by atoms with Crippen LogP contribution in [-0.4, -0.2) is 49.9 Å². The third kappa shape index (κ3) is 5.09. The molecule has 0 aromatic heterocycles. The minimum absolute atomic E-state index is 0.0746. The number of benzene rings is 2. The average molecular weight is 431 g/mol. The third-order valence-electron chi connectivity index (χ3n) is 4.58. The van der Waals surface area contributed by atoms with Gasteiger partial charge in [-0.25, -0.2) is 8.42 Å². The van der Waals surface area contributed by atoms with Gasteiger partial charge in [-0.2, -0.15) is 4.31 Å². The summed E-state index contributed by atoms with van der Waals surface area (Å²) in [5.74, 6) is -0.481. The summed E-state index contributed by atoms with van der Waals surface area (Å²) in [6, 6.07) is 10.4. The Morgan fingerprint density at radius 3 is 2.63 bits per heavy atom. The first-order valence-electron chi connectivity index (χ1n) is 9.19. The summed E-state index contributed by atoms with van der Waals surface area (Å²) in [5, 5.41) is 13.5. The number of sulfonamides is 1. The summed E-state index contributed by atoms with van der Waals surface area (Å²) in [6.07, 6.45) is 2.69. The fraction of sp³-hybridized carbons (Fsp3) is 0.250. The Kier molecular flexibility index (Phi) is 6.60. The van der Waals surface area contributed by atoms with Crippen molar-refractivity contribution in [1.82, 2.24) is 4.31 Å². The molecule has 1 aliphatic heterocycles. The van der Waals surface area contributed by atoms with Crippen molar-refractivity contribution in [3.8, 4) is 0 Å². The van der Waals surface area contributed by atoms with Crippen molar-refractivity contribution in [2.24, 2.45) is 0 Å². The maximum absolute atomic E-state index is 12.8. The summed E-state index contributed by atoms with van der Waals surface area (Å²) >= 11 is 0. The number of hydrogen-bond donors (Lipinski definition) is 1. The lowest BCUT2D eigenvalue weighted by atomic mass is 10.2. The Morgan fingerprint density at radius 2 is 1.93 bits per heavy atom. The Balaban J connectivity index is 1.76. The number of non-ortho nitro benzene ring substituents is 1. The molecule has 1 aliphatic rings. The molecule has 1 amide bonds. The number of aryl methyl sites for hydroxylation is 1. The number of nitro benzene ring substituents is 1. The topological polar surface area (TPSA) is 119 Å². The van der Waals surface area contributed by atoms with Crippen LogP contribution in [-0.2, 0) is 19.6 Å². The molecule has 1 saturated heterocycles. The predicted molar refractivity (Wildman–Crippen MR) is 112 cm³/mol. The van der Waals surface area contributed by atoms with Crippen LogP contribution < -0.4 is 5.32 Å². The van der Waals surface area contributed by atoms with Crippen LogP contribution >= 0.6 is 0 Å². The van der Waals surface area contributed by atoms with Gasteiger partial charge in [0, 0.05) is 37.0 Å². The van der Waals surface area contributed by atoms with E-state index in [0.717, 1.165) is 0 Å². The van der Waals surface area contributed by atoms with Crippen LogP contribution in [0.25, 0.3) is 6.08 Å². The zero-order chi connectivity index (χ0) is 21.7. The average Bonchev–Trinajstić information content (AvgIpc) is 2.74. The maximum Gasteiger partial charge on any atom is 0.270 e. The predicted octanol–water partition coefficient (Wildman–Crippen LogP) is 2.58. The quantitative estimate of drug-likeness (QED) is 0.427. The van der Waals surface area contributed by atoms with Crippen molar-refractivity contribution in [2.75, 3.05) is 31.6 Å². The monoisotopic (exact) mass is 431 g/mol. The first kappa shape index (κ1) is 21.6. The molecule has 30 heavy (non-hydrogen) atoms. The molecule has 0 spiro atoms. The van der Waals surface area contributed by atoms with Crippen molar-refractivity contribution in [1.29, 1.82) is 0 Å². The second-order valence-electron chi connectivity index (χ2n) is 6.67. The van der Waals surface area contributed by atoms with Crippen molar-refractivity contribution in [3.63, 3.8) is 0 Å². The number of hydrogen-bond acceptors (Lipinski definition) is 6. The molecule has 1 fully saturated rings. The highest BCUT2D eigenvalue weighted by molar-refractivity contribution is 7.89. The molecule has 2 aromatic carbocycles. The first-order valence-corrected chi connectivity index (χ1v) is 10.6. The van der Waals surface area contributed by atoms with Crippen molar-refractivity contribution < 1.29 is 22.9 Å². The molecule has 1 heterocycles. The summed E-state index contributed by atoms with van der Waals surface area (Å²) in [4.78, 5) is 22.7. The molecule has 2 aromatic rings. The highest BCUT2D eigenvalue weighted by Gasteiger charge is 2.26. The Morgan fingerprint density at radius 1 is 1.20 bits per heavy atom. The molecule has 0 unspecified atom stereocenters. The molecule has 158 valence electrons. The van der Waals surface area contributed by atoms with Gasteiger partial charge in [0.25, 0.3) is 5.69 Å². The van der Waals surface area contributed by atoms with E-state index in [1.807, 2.05) is 0 Å². The number of ether oxygens (including phenoxy) is 1. The highest BCUT2D eigenvalue weighted by Crippen LogP contribution is 2.24. The SMILES string of the molecule is Cc1ccc(S(=O)(=O)N2CCOCC2)cc1NC(=O)/C=C/c1cccc([N+](=O)[O-])c1. The zero-order valence-electron chi connectivity index (χ0n) is 16.3. The molecule has 0 atom stereocenters. The number of carbonyl (C=O) groups excluding carboxylic acids is 1. The minimum atomic E-state index is -3.69. The molecule has 0 radical (unpaired) electrons. The lowest BCUT2D eigenvalue weighted by molar-refractivity contribution is -0.384. The molecule has 0 bridgehead atoms. The number of nitrogens with zero attached hydrogens (tertiary/aromatic N) is 2. The first-order chi connectivity index (χ1) is 14.3. The van der Waals surface area contributed by atoms with E-state index in [-0.39, 0.29) is 23.7 Å². The number of nitrogens with one attached hydrogen (secondary N) is 1. The van der Waals surface area contributed by atoms with Crippen molar-refractivity contribution in [3.05, 3.63) is 69.8 Å². The van der Waals surface area contributed by atoms with E-state index in [9.17, 15) is 23.3 Å². The number of rotatable bonds is 6. The van der Waals surface area contributed by atoms with Gasteiger partial charge in [0.05, 0.1) is 23.0 Å². The number of anilines is 1. The summed E-state index contributed by atoms with van der Waals surface area (Å²) in [5.41, 5.74) is 1.50. The van der Waals surface area contributed by atoms with Gasteiger partial charge in [-0.05, 0) is 36.3 Å². The fourth-order valence-corrected chi connectivity index (χ4v) is 4.36. The van der Waals surface area contributed by atoms with Gasteiger partial charge in [0.15, 0.2) is 0 Å². The molecule has 9 nitrogen and oxygen atoms in total. The fourth-order valence-electron chi connectivity index (χ4n) is 2.92. The number of carbonyl (C=O) groups is 1. The number of morpholine rings is 1. The highest BCUT2D eigenvalue weighted by atomic mass is 32.2. The molecule has 10 heteroatoms. The van der Waals surface area contributed by atoms with E-state index in [1.165, 1.54) is 46.8 Å². The van der Waals surface area contributed by atoms with Crippen LogP contribution in [0, 0.1) is 17.0 Å².